The van der Waals surface area contributed by atoms with Crippen molar-refractivity contribution in [1.29, 1.82) is 0 Å². The summed E-state index contributed by atoms with van der Waals surface area (Å²) in [6, 6.07) is 8.77. The van der Waals surface area contributed by atoms with E-state index in [-0.39, 0.29) is 6.54 Å². The molecule has 3 aromatic rings. The number of aromatic nitrogens is 3. The highest BCUT2D eigenvalue weighted by molar-refractivity contribution is 5.76. The Kier molecular flexibility index (Phi) is 4.30. The molecule has 25 heavy (non-hydrogen) atoms. The molecular weight excluding hydrogens is 337 g/mol. The highest BCUT2D eigenvalue weighted by Gasteiger charge is 2.31. The topological polar surface area (TPSA) is 79.8 Å². The van der Waals surface area contributed by atoms with E-state index in [1.807, 2.05) is 18.2 Å². The number of aromatic amines is 1. The monoisotopic (exact) mass is 350 g/mol. The third-order valence-corrected chi connectivity index (χ3v) is 3.52. The number of nitrogens with one attached hydrogen (secondary N) is 2. The standard InChI is InChI=1S/C16H13F3N4O2/c17-16(18,19)10-5-6-15(25)23(8-10)9-14(24)20-7-13-21-11-3-1-2-4-12(11)22-13/h1-6,8H,7,9H2,(H,20,24)(H,21,22). The van der Waals surface area contributed by atoms with Crippen LogP contribution in [-0.4, -0.2) is 20.4 Å². The molecule has 0 bridgehead atoms. The van der Waals surface area contributed by atoms with E-state index in [0.717, 1.165) is 21.7 Å². The molecule has 2 aromatic heterocycles. The van der Waals surface area contributed by atoms with Crippen LogP contribution in [0.3, 0.4) is 0 Å². The minimum Gasteiger partial charge on any atom is -0.347 e. The number of benzene rings is 1. The van der Waals surface area contributed by atoms with Gasteiger partial charge in [-0.3, -0.25) is 9.59 Å². The fourth-order valence-corrected chi connectivity index (χ4v) is 2.30. The summed E-state index contributed by atoms with van der Waals surface area (Å²) in [5, 5.41) is 2.52. The number of H-pyrrole nitrogens is 1. The third kappa shape index (κ3) is 3.87. The third-order valence-electron chi connectivity index (χ3n) is 3.52. The Balaban J connectivity index is 1.67. The Morgan fingerprint density at radius 1 is 1.20 bits per heavy atom. The largest absolute Gasteiger partial charge is 0.417 e. The van der Waals surface area contributed by atoms with Gasteiger partial charge in [-0.25, -0.2) is 4.98 Å². The zero-order valence-corrected chi connectivity index (χ0v) is 12.8. The van der Waals surface area contributed by atoms with Crippen LogP contribution in [-0.2, 0) is 24.1 Å². The van der Waals surface area contributed by atoms with Crippen LogP contribution in [0.25, 0.3) is 11.0 Å². The second kappa shape index (κ2) is 6.42. The zero-order chi connectivity index (χ0) is 18.0. The fraction of sp³-hybridized carbons (Fsp3) is 0.188. The number of nitrogens with zero attached hydrogens (tertiary/aromatic N) is 2. The second-order valence-corrected chi connectivity index (χ2v) is 5.36. The van der Waals surface area contributed by atoms with E-state index in [1.54, 1.807) is 6.07 Å². The minimum atomic E-state index is -4.58. The van der Waals surface area contributed by atoms with Crippen molar-refractivity contribution in [3.8, 4) is 0 Å². The lowest BCUT2D eigenvalue weighted by Crippen LogP contribution is -2.32. The number of para-hydroxylation sites is 2. The number of fused-ring (bicyclic) bond motifs is 1. The van der Waals surface area contributed by atoms with E-state index in [9.17, 15) is 22.8 Å². The minimum absolute atomic E-state index is 0.0707. The van der Waals surface area contributed by atoms with Gasteiger partial charge in [0.25, 0.3) is 5.56 Å². The van der Waals surface area contributed by atoms with E-state index in [2.05, 4.69) is 15.3 Å². The predicted molar refractivity (Wildman–Crippen MR) is 83.6 cm³/mol. The maximum absolute atomic E-state index is 12.7. The molecule has 0 aliphatic heterocycles. The van der Waals surface area contributed by atoms with E-state index in [4.69, 9.17) is 0 Å². The Morgan fingerprint density at radius 3 is 2.68 bits per heavy atom. The molecule has 0 atom stereocenters. The lowest BCUT2D eigenvalue weighted by Gasteiger charge is -2.10. The van der Waals surface area contributed by atoms with Crippen molar-refractivity contribution in [2.24, 2.45) is 0 Å². The summed E-state index contributed by atoms with van der Waals surface area (Å²) in [4.78, 5) is 30.8. The molecular formula is C16H13F3N4O2. The van der Waals surface area contributed by atoms with Gasteiger partial charge in [-0.15, -0.1) is 0 Å². The summed E-state index contributed by atoms with van der Waals surface area (Å²) in [7, 11) is 0. The summed E-state index contributed by atoms with van der Waals surface area (Å²) in [5.74, 6) is -0.0900. The number of rotatable bonds is 4. The summed E-state index contributed by atoms with van der Waals surface area (Å²) in [5.41, 5.74) is -0.134. The highest BCUT2D eigenvalue weighted by atomic mass is 19.4. The van der Waals surface area contributed by atoms with Crippen molar-refractivity contribution in [1.82, 2.24) is 19.9 Å². The number of alkyl halides is 3. The molecule has 0 saturated carbocycles. The summed E-state index contributed by atoms with van der Waals surface area (Å²) in [6.45, 7) is -0.440. The number of pyridine rings is 1. The number of carbonyl (C=O) groups excluding carboxylic acids is 1. The highest BCUT2D eigenvalue weighted by Crippen LogP contribution is 2.27. The molecule has 0 radical (unpaired) electrons. The van der Waals surface area contributed by atoms with Gasteiger partial charge in [-0.1, -0.05) is 12.1 Å². The van der Waals surface area contributed by atoms with Crippen molar-refractivity contribution in [3.05, 3.63) is 64.3 Å². The van der Waals surface area contributed by atoms with Gasteiger partial charge >= 0.3 is 6.18 Å². The van der Waals surface area contributed by atoms with E-state index >= 15 is 0 Å². The lowest BCUT2D eigenvalue weighted by molar-refractivity contribution is -0.138. The first-order chi connectivity index (χ1) is 11.8. The van der Waals surface area contributed by atoms with Crippen molar-refractivity contribution in [3.63, 3.8) is 0 Å². The first-order valence-corrected chi connectivity index (χ1v) is 7.31. The molecule has 0 unspecified atom stereocenters. The molecule has 1 aromatic carbocycles. The molecule has 9 heteroatoms. The smallest absolute Gasteiger partial charge is 0.347 e. The maximum Gasteiger partial charge on any atom is 0.417 e. The number of hydrogen-bond acceptors (Lipinski definition) is 3. The van der Waals surface area contributed by atoms with Crippen LogP contribution in [0.4, 0.5) is 13.2 Å². The van der Waals surface area contributed by atoms with Crippen LogP contribution in [0.15, 0.2) is 47.4 Å². The van der Waals surface area contributed by atoms with Gasteiger partial charge < -0.3 is 14.9 Å². The van der Waals surface area contributed by atoms with Crippen LogP contribution in [0.5, 0.6) is 0 Å². The SMILES string of the molecule is O=C(Cn1cc(C(F)(F)F)ccc1=O)NCc1nc2ccccc2[nH]1. The van der Waals surface area contributed by atoms with Gasteiger partial charge in [0.1, 0.15) is 12.4 Å². The first-order valence-electron chi connectivity index (χ1n) is 7.31. The molecule has 2 N–H and O–H groups in total. The average molecular weight is 350 g/mol. The summed E-state index contributed by atoms with van der Waals surface area (Å²) in [6.07, 6.45) is -3.96. The Hall–Kier alpha value is -3.10. The van der Waals surface area contributed by atoms with Gasteiger partial charge in [0, 0.05) is 12.3 Å². The molecule has 3 rings (SSSR count). The Bertz CT molecular complexity index is 942. The van der Waals surface area contributed by atoms with Gasteiger partial charge in [-0.2, -0.15) is 13.2 Å². The summed E-state index contributed by atoms with van der Waals surface area (Å²) < 4.78 is 38.8. The first kappa shape index (κ1) is 16.7. The number of amides is 1. The maximum atomic E-state index is 12.7. The molecule has 130 valence electrons. The van der Waals surface area contributed by atoms with Crippen molar-refractivity contribution >= 4 is 16.9 Å². The van der Waals surface area contributed by atoms with Crippen LogP contribution in [0, 0.1) is 0 Å². The number of hydrogen-bond donors (Lipinski definition) is 2. The van der Waals surface area contributed by atoms with Crippen molar-refractivity contribution in [2.75, 3.05) is 0 Å². The number of imidazole rings is 1. The zero-order valence-electron chi connectivity index (χ0n) is 12.8. The molecule has 0 saturated heterocycles. The van der Waals surface area contributed by atoms with Crippen LogP contribution in [0.2, 0.25) is 0 Å². The second-order valence-electron chi connectivity index (χ2n) is 5.36. The molecule has 0 spiro atoms. The predicted octanol–water partition coefficient (Wildman–Crippen LogP) is 2.06. The van der Waals surface area contributed by atoms with Crippen molar-refractivity contribution < 1.29 is 18.0 Å². The quantitative estimate of drug-likeness (QED) is 0.756. The fourth-order valence-electron chi connectivity index (χ4n) is 2.30. The molecule has 0 aliphatic carbocycles. The van der Waals surface area contributed by atoms with E-state index in [1.165, 1.54) is 0 Å². The van der Waals surface area contributed by atoms with Gasteiger partial charge in [0.15, 0.2) is 0 Å². The number of halogens is 3. The average Bonchev–Trinajstić information content (AvgIpc) is 2.97. The van der Waals surface area contributed by atoms with E-state index in [0.29, 0.717) is 18.1 Å². The molecule has 0 fully saturated rings. The van der Waals surface area contributed by atoms with Gasteiger partial charge in [0.05, 0.1) is 23.1 Å². The Labute approximate surface area is 139 Å². The molecule has 0 aliphatic rings. The van der Waals surface area contributed by atoms with Crippen LogP contribution in [0.1, 0.15) is 11.4 Å². The van der Waals surface area contributed by atoms with Gasteiger partial charge in [-0.05, 0) is 18.2 Å². The van der Waals surface area contributed by atoms with Crippen molar-refractivity contribution in [2.45, 2.75) is 19.3 Å². The summed E-state index contributed by atoms with van der Waals surface area (Å²) >= 11 is 0. The molecule has 6 nitrogen and oxygen atoms in total. The Morgan fingerprint density at radius 2 is 1.96 bits per heavy atom. The number of carbonyl (C=O) groups is 1. The molecule has 2 heterocycles. The van der Waals surface area contributed by atoms with Gasteiger partial charge in [0.2, 0.25) is 5.91 Å². The van der Waals surface area contributed by atoms with E-state index < -0.39 is 29.8 Å². The molecule has 1 amide bonds. The van der Waals surface area contributed by atoms with Crippen LogP contribution < -0.4 is 10.9 Å². The lowest BCUT2D eigenvalue weighted by atomic mass is 10.3. The van der Waals surface area contributed by atoms with Crippen LogP contribution >= 0.6 is 0 Å². The normalized spacial score (nSPS) is 11.6.